The SMILES string of the molecule is CCNCc1nnc(-c2cc(F)ccc2F)o1. The van der Waals surface area contributed by atoms with Crippen molar-refractivity contribution in [3.05, 3.63) is 35.7 Å². The molecule has 0 amide bonds. The van der Waals surface area contributed by atoms with Crippen molar-refractivity contribution in [3.63, 3.8) is 0 Å². The van der Waals surface area contributed by atoms with E-state index in [0.29, 0.717) is 12.4 Å². The zero-order chi connectivity index (χ0) is 12.3. The number of nitrogens with zero attached hydrogens (tertiary/aromatic N) is 2. The Hall–Kier alpha value is -1.82. The first-order valence-electron chi connectivity index (χ1n) is 5.19. The second kappa shape index (κ2) is 5.01. The number of rotatable bonds is 4. The topological polar surface area (TPSA) is 51.0 Å². The molecule has 0 fully saturated rings. The number of aromatic nitrogens is 2. The molecule has 90 valence electrons. The fraction of sp³-hybridized carbons (Fsp3) is 0.273. The van der Waals surface area contributed by atoms with Crippen molar-refractivity contribution in [1.82, 2.24) is 15.5 Å². The molecule has 0 radical (unpaired) electrons. The van der Waals surface area contributed by atoms with Crippen molar-refractivity contribution in [3.8, 4) is 11.5 Å². The molecule has 0 atom stereocenters. The minimum absolute atomic E-state index is 0.0186. The molecule has 0 spiro atoms. The van der Waals surface area contributed by atoms with Crippen LogP contribution in [0.3, 0.4) is 0 Å². The number of halogens is 2. The van der Waals surface area contributed by atoms with Crippen molar-refractivity contribution in [2.24, 2.45) is 0 Å². The third-order valence-corrected chi connectivity index (χ3v) is 2.15. The summed E-state index contributed by atoms with van der Waals surface area (Å²) in [5.74, 6) is -0.821. The van der Waals surface area contributed by atoms with E-state index in [9.17, 15) is 8.78 Å². The average Bonchev–Trinajstić information content (AvgIpc) is 2.78. The maximum absolute atomic E-state index is 13.4. The van der Waals surface area contributed by atoms with Gasteiger partial charge in [-0.2, -0.15) is 0 Å². The fourth-order valence-corrected chi connectivity index (χ4v) is 1.33. The minimum Gasteiger partial charge on any atom is -0.419 e. The molecule has 0 aliphatic rings. The summed E-state index contributed by atoms with van der Waals surface area (Å²) >= 11 is 0. The van der Waals surface area contributed by atoms with Gasteiger partial charge in [0.05, 0.1) is 12.1 Å². The molecule has 17 heavy (non-hydrogen) atoms. The Morgan fingerprint density at radius 2 is 2.12 bits per heavy atom. The molecule has 0 aliphatic carbocycles. The quantitative estimate of drug-likeness (QED) is 0.887. The van der Waals surface area contributed by atoms with Crippen LogP contribution in [0.25, 0.3) is 11.5 Å². The van der Waals surface area contributed by atoms with Crippen LogP contribution in [0.15, 0.2) is 22.6 Å². The Balaban J connectivity index is 2.27. The fourth-order valence-electron chi connectivity index (χ4n) is 1.33. The monoisotopic (exact) mass is 239 g/mol. The van der Waals surface area contributed by atoms with Crippen molar-refractivity contribution >= 4 is 0 Å². The van der Waals surface area contributed by atoms with Gasteiger partial charge in [-0.25, -0.2) is 8.78 Å². The van der Waals surface area contributed by atoms with Crippen molar-refractivity contribution in [2.75, 3.05) is 6.54 Å². The number of nitrogens with one attached hydrogen (secondary N) is 1. The molecule has 0 unspecified atom stereocenters. The van der Waals surface area contributed by atoms with Gasteiger partial charge in [0.2, 0.25) is 5.89 Å². The van der Waals surface area contributed by atoms with Gasteiger partial charge in [0.15, 0.2) is 0 Å². The lowest BCUT2D eigenvalue weighted by Crippen LogP contribution is -2.11. The molecule has 1 heterocycles. The third-order valence-electron chi connectivity index (χ3n) is 2.15. The molecule has 6 heteroatoms. The summed E-state index contributed by atoms with van der Waals surface area (Å²) in [6.07, 6.45) is 0. The second-order valence-electron chi connectivity index (χ2n) is 3.41. The first-order valence-corrected chi connectivity index (χ1v) is 5.19. The Bertz CT molecular complexity index is 513. The standard InChI is InChI=1S/C11H11F2N3O/c1-2-14-6-10-15-16-11(17-10)8-5-7(12)3-4-9(8)13/h3-5,14H,2,6H2,1H3. The highest BCUT2D eigenvalue weighted by atomic mass is 19.1. The minimum atomic E-state index is -0.593. The van der Waals surface area contributed by atoms with Gasteiger partial charge in [0.25, 0.3) is 5.89 Å². The van der Waals surface area contributed by atoms with E-state index >= 15 is 0 Å². The summed E-state index contributed by atoms with van der Waals surface area (Å²) in [6, 6.07) is 3.09. The largest absolute Gasteiger partial charge is 0.419 e. The summed E-state index contributed by atoms with van der Waals surface area (Å²) in [5, 5.41) is 10.4. The van der Waals surface area contributed by atoms with Gasteiger partial charge in [0, 0.05) is 0 Å². The summed E-state index contributed by atoms with van der Waals surface area (Å²) in [7, 11) is 0. The molecule has 1 aromatic carbocycles. The molecule has 1 N–H and O–H groups in total. The molecule has 0 aliphatic heterocycles. The summed E-state index contributed by atoms with van der Waals surface area (Å²) in [6.45, 7) is 3.09. The van der Waals surface area contributed by atoms with Crippen LogP contribution in [0.2, 0.25) is 0 Å². The number of hydrogen-bond donors (Lipinski definition) is 1. The maximum Gasteiger partial charge on any atom is 0.250 e. The van der Waals surface area contributed by atoms with Crippen LogP contribution in [-0.2, 0) is 6.54 Å². The molecule has 2 aromatic rings. The highest BCUT2D eigenvalue weighted by Gasteiger charge is 2.13. The van der Waals surface area contributed by atoms with Gasteiger partial charge < -0.3 is 9.73 Å². The number of benzene rings is 1. The normalized spacial score (nSPS) is 10.8. The van der Waals surface area contributed by atoms with Gasteiger partial charge in [-0.3, -0.25) is 0 Å². The van der Waals surface area contributed by atoms with Gasteiger partial charge in [-0.1, -0.05) is 6.92 Å². The highest BCUT2D eigenvalue weighted by Crippen LogP contribution is 2.22. The van der Waals surface area contributed by atoms with E-state index in [1.54, 1.807) is 0 Å². The van der Waals surface area contributed by atoms with E-state index in [-0.39, 0.29) is 11.5 Å². The van der Waals surface area contributed by atoms with E-state index in [2.05, 4.69) is 15.5 Å². The first-order chi connectivity index (χ1) is 8.20. The zero-order valence-corrected chi connectivity index (χ0v) is 9.20. The summed E-state index contributed by atoms with van der Waals surface area (Å²) in [4.78, 5) is 0. The van der Waals surface area contributed by atoms with Gasteiger partial charge in [-0.15, -0.1) is 10.2 Å². The molecule has 0 bridgehead atoms. The lowest BCUT2D eigenvalue weighted by atomic mass is 10.2. The predicted octanol–water partition coefficient (Wildman–Crippen LogP) is 2.12. The lowest BCUT2D eigenvalue weighted by Gasteiger charge is -1.97. The van der Waals surface area contributed by atoms with Crippen LogP contribution in [-0.4, -0.2) is 16.7 Å². The second-order valence-corrected chi connectivity index (χ2v) is 3.41. The van der Waals surface area contributed by atoms with Crippen LogP contribution in [0.5, 0.6) is 0 Å². The molecular formula is C11H11F2N3O. The van der Waals surface area contributed by atoms with E-state index in [0.717, 1.165) is 24.7 Å². The first kappa shape index (κ1) is 11.7. The average molecular weight is 239 g/mol. The van der Waals surface area contributed by atoms with Crippen LogP contribution in [0.4, 0.5) is 8.78 Å². The van der Waals surface area contributed by atoms with Crippen molar-refractivity contribution in [1.29, 1.82) is 0 Å². The Labute approximate surface area is 96.7 Å². The van der Waals surface area contributed by atoms with E-state index in [1.165, 1.54) is 0 Å². The smallest absolute Gasteiger partial charge is 0.250 e. The Kier molecular flexibility index (Phi) is 3.43. The molecule has 1 aromatic heterocycles. The molecule has 2 rings (SSSR count). The van der Waals surface area contributed by atoms with Crippen LogP contribution < -0.4 is 5.32 Å². The maximum atomic E-state index is 13.4. The Morgan fingerprint density at radius 3 is 2.88 bits per heavy atom. The number of hydrogen-bond acceptors (Lipinski definition) is 4. The van der Waals surface area contributed by atoms with Crippen LogP contribution in [0.1, 0.15) is 12.8 Å². The van der Waals surface area contributed by atoms with Crippen molar-refractivity contribution < 1.29 is 13.2 Å². The van der Waals surface area contributed by atoms with Gasteiger partial charge in [-0.05, 0) is 24.7 Å². The summed E-state index contributed by atoms with van der Waals surface area (Å²) in [5.41, 5.74) is -0.0275. The molecule has 4 nitrogen and oxygen atoms in total. The predicted molar refractivity (Wildman–Crippen MR) is 57.0 cm³/mol. The zero-order valence-electron chi connectivity index (χ0n) is 9.20. The third kappa shape index (κ3) is 2.65. The molecule has 0 saturated carbocycles. The van der Waals surface area contributed by atoms with Gasteiger partial charge >= 0.3 is 0 Å². The van der Waals surface area contributed by atoms with E-state index in [1.807, 2.05) is 6.92 Å². The van der Waals surface area contributed by atoms with Crippen molar-refractivity contribution in [2.45, 2.75) is 13.5 Å². The van der Waals surface area contributed by atoms with Crippen LogP contribution in [0, 0.1) is 11.6 Å². The highest BCUT2D eigenvalue weighted by molar-refractivity contribution is 5.53. The molecular weight excluding hydrogens is 228 g/mol. The summed E-state index contributed by atoms with van der Waals surface area (Å²) < 4.78 is 31.6. The molecule has 0 saturated heterocycles. The van der Waals surface area contributed by atoms with Crippen LogP contribution >= 0.6 is 0 Å². The van der Waals surface area contributed by atoms with E-state index in [4.69, 9.17) is 4.42 Å². The van der Waals surface area contributed by atoms with Gasteiger partial charge in [0.1, 0.15) is 11.6 Å². The lowest BCUT2D eigenvalue weighted by molar-refractivity contribution is 0.478. The van der Waals surface area contributed by atoms with E-state index < -0.39 is 11.6 Å². The Morgan fingerprint density at radius 1 is 1.29 bits per heavy atom.